The molecule has 6 aromatic rings. The number of piperazine rings is 3. The van der Waals surface area contributed by atoms with E-state index < -0.39 is 12.2 Å². The number of imidazole rings is 2. The van der Waals surface area contributed by atoms with Crippen molar-refractivity contribution in [2.24, 2.45) is 0 Å². The van der Waals surface area contributed by atoms with Gasteiger partial charge in [0.05, 0.1) is 50.7 Å². The van der Waals surface area contributed by atoms with Gasteiger partial charge in [-0.05, 0) is 70.8 Å². The van der Waals surface area contributed by atoms with Gasteiger partial charge in [-0.1, -0.05) is 112 Å². The maximum Gasteiger partial charge on any atom is 0.209 e. The molecule has 74 heavy (non-hydrogen) atoms. The van der Waals surface area contributed by atoms with Gasteiger partial charge in [0.15, 0.2) is 0 Å². The number of aromatic amines is 1. The lowest BCUT2D eigenvalue weighted by molar-refractivity contribution is -0.120. The fourth-order valence-electron chi connectivity index (χ4n) is 7.66. The van der Waals surface area contributed by atoms with E-state index in [0.29, 0.717) is 19.2 Å². The Morgan fingerprint density at radius 2 is 1.05 bits per heavy atom. The Kier molecular flexibility index (Phi) is 27.8. The van der Waals surface area contributed by atoms with E-state index in [9.17, 15) is 29.7 Å². The number of β-amino-alcohol motifs (C(OH)–C–C–N with tert-alkyl or cyclic N) is 1. The number of nitrogens with one attached hydrogen (secondary N) is 2. The van der Waals surface area contributed by atoms with Crippen LogP contribution in [0.1, 0.15) is 46.6 Å². The summed E-state index contributed by atoms with van der Waals surface area (Å²) < 4.78 is 11.2. The number of carbonyl (C=O) groups is 3. The number of hydrogen-bond acceptors (Lipinski definition) is 12. The Morgan fingerprint density at radius 3 is 1.45 bits per heavy atom. The molecule has 4 aromatic carbocycles. The highest BCUT2D eigenvalue weighted by molar-refractivity contribution is 9.11. The highest BCUT2D eigenvalue weighted by Gasteiger charge is 2.25. The summed E-state index contributed by atoms with van der Waals surface area (Å²) in [4.78, 5) is 51.4. The summed E-state index contributed by atoms with van der Waals surface area (Å²) in [5, 5.41) is 32.8. The number of ether oxygens (including phenoxy) is 1. The molecule has 398 valence electrons. The lowest BCUT2D eigenvalue weighted by Crippen LogP contribution is -2.47. The fraction of sp³-hybridized carbons (Fsp3) is 0.377. The van der Waals surface area contributed by atoms with Crippen molar-refractivity contribution in [1.82, 2.24) is 49.3 Å². The minimum atomic E-state index is -0.493. The van der Waals surface area contributed by atoms with E-state index >= 15 is 0 Å². The van der Waals surface area contributed by atoms with Gasteiger partial charge in [-0.25, -0.2) is 9.97 Å². The highest BCUT2D eigenvalue weighted by Crippen LogP contribution is 2.30. The molecule has 10 rings (SSSR count). The Hall–Kier alpha value is -4.65. The summed E-state index contributed by atoms with van der Waals surface area (Å²) in [5.41, 5.74) is 4.23. The third-order valence-electron chi connectivity index (χ3n) is 12.1. The van der Waals surface area contributed by atoms with Crippen LogP contribution in [0.15, 0.2) is 152 Å². The molecule has 6 heterocycles. The van der Waals surface area contributed by atoms with Crippen LogP contribution in [0.2, 0.25) is 0 Å². The number of aliphatic hydroxyl groups excluding tert-OH is 3. The molecule has 0 aliphatic carbocycles. The number of nitrogens with zero attached hydrogens (tertiary/aromatic N) is 8. The Balaban J connectivity index is 0.000000171. The van der Waals surface area contributed by atoms with Crippen molar-refractivity contribution >= 4 is 83.0 Å². The highest BCUT2D eigenvalue weighted by atomic mass is 79.9. The van der Waals surface area contributed by atoms with E-state index in [1.54, 1.807) is 45.9 Å². The van der Waals surface area contributed by atoms with Crippen LogP contribution in [0.25, 0.3) is 0 Å². The van der Waals surface area contributed by atoms with Crippen LogP contribution in [0.3, 0.4) is 0 Å². The fourth-order valence-corrected chi connectivity index (χ4v) is 8.72. The molecule has 3 unspecified atom stereocenters. The quantitative estimate of drug-likeness (QED) is 0.0595. The molecule has 5 N–H and O–H groups in total. The molecule has 3 amide bonds. The van der Waals surface area contributed by atoms with Gasteiger partial charge in [-0.15, -0.1) is 0 Å². The van der Waals surface area contributed by atoms with Gasteiger partial charge in [0.2, 0.25) is 19.2 Å². The second kappa shape index (κ2) is 34.1. The predicted octanol–water partition coefficient (Wildman–Crippen LogP) is 6.87. The zero-order chi connectivity index (χ0) is 52.9. The number of amides is 3. The summed E-state index contributed by atoms with van der Waals surface area (Å²) in [7, 11) is 0. The van der Waals surface area contributed by atoms with Crippen LogP contribution >= 0.6 is 63.7 Å². The smallest absolute Gasteiger partial charge is 0.209 e. The van der Waals surface area contributed by atoms with Crippen molar-refractivity contribution in [3.05, 3.63) is 175 Å². The van der Waals surface area contributed by atoms with Gasteiger partial charge in [-0.2, -0.15) is 0 Å². The standard InChI is InChI=1S/2C13H17BrN2O2.C11H11BrN2O.C8H7BrO.C5H10N2O.C3H4N2/c14-12-3-1-11(2-4-12)13(9-17)16-7-5-15(10-18)6-8-16;14-12-3-1-11(2-4-12)13(18)9-15-5-7-16(10-17)8-6-15;12-10-3-1-9(2-4-10)11(15)7-14-6-5-13-8-14;9-7-3-1-6(2-4-7)8-5-10-8;8-5-7-3-1-6-2-4-7;1-2-5-3-4-1/h1-4,10,13,17H,5-9H2;1-4,10,13,18H,5-9H2;1-6,8,11,15H,7H2;1-4,8H,5H2;5-6H,1-4H2;1-3H,(H,4,5)/t13-;;;;;/m0...../s1. The first-order valence-electron chi connectivity index (χ1n) is 24.2. The van der Waals surface area contributed by atoms with Crippen molar-refractivity contribution in [2.75, 3.05) is 98.3 Å². The third kappa shape index (κ3) is 22.7. The average Bonchev–Trinajstić information content (AvgIpc) is 3.81. The zero-order valence-corrected chi connectivity index (χ0v) is 47.5. The van der Waals surface area contributed by atoms with Gasteiger partial charge >= 0.3 is 0 Å². The normalized spacial score (nSPS) is 17.5. The van der Waals surface area contributed by atoms with Crippen LogP contribution in [0.4, 0.5) is 0 Å². The van der Waals surface area contributed by atoms with Gasteiger partial charge in [0.25, 0.3) is 0 Å². The molecule has 0 spiro atoms. The second-order valence-corrected chi connectivity index (χ2v) is 21.0. The van der Waals surface area contributed by atoms with E-state index in [1.807, 2.05) is 95.7 Å². The monoisotopic (exact) mass is 1270 g/mol. The van der Waals surface area contributed by atoms with Gasteiger partial charge in [-0.3, -0.25) is 24.2 Å². The SMILES string of the molecule is Brc1ccc(C2CO2)cc1.O=CN1CCN(CC(O)c2ccc(Br)cc2)CC1.O=CN1CCN([C@@H](CO)c2ccc(Br)cc2)CC1.O=CN1CCNCC1.OC(Cn1ccnc1)c1ccc(Br)cc1.c1c[nH]cn1. The summed E-state index contributed by atoms with van der Waals surface area (Å²) in [5.74, 6) is 0. The molecule has 4 aliphatic heterocycles. The number of aromatic nitrogens is 4. The lowest BCUT2D eigenvalue weighted by atomic mass is 10.1. The second-order valence-electron chi connectivity index (χ2n) is 17.3. The number of rotatable bonds is 13. The number of hydrogen-bond donors (Lipinski definition) is 5. The number of carbonyl (C=O) groups excluding carboxylic acids is 3. The Bertz CT molecular complexity index is 2390. The zero-order valence-electron chi connectivity index (χ0n) is 41.1. The third-order valence-corrected chi connectivity index (χ3v) is 14.2. The topological polar surface area (TPSA) is 199 Å². The van der Waals surface area contributed by atoms with Crippen molar-refractivity contribution in [2.45, 2.75) is 30.9 Å². The van der Waals surface area contributed by atoms with E-state index in [0.717, 1.165) is 139 Å². The summed E-state index contributed by atoms with van der Waals surface area (Å²) in [6.45, 7) is 12.0. The van der Waals surface area contributed by atoms with E-state index in [-0.39, 0.29) is 12.6 Å². The van der Waals surface area contributed by atoms with E-state index in [2.05, 4.69) is 106 Å². The molecule has 0 radical (unpaired) electrons. The van der Waals surface area contributed by atoms with Crippen molar-refractivity contribution in [1.29, 1.82) is 0 Å². The number of H-pyrrole nitrogens is 1. The first-order chi connectivity index (χ1) is 36.0. The molecule has 4 fully saturated rings. The lowest BCUT2D eigenvalue weighted by Gasteiger charge is -2.37. The van der Waals surface area contributed by atoms with Crippen LogP contribution in [0.5, 0.6) is 0 Å². The van der Waals surface area contributed by atoms with Crippen molar-refractivity contribution < 1.29 is 34.4 Å². The maximum absolute atomic E-state index is 10.7. The van der Waals surface area contributed by atoms with Gasteiger partial charge < -0.3 is 49.6 Å². The van der Waals surface area contributed by atoms with Crippen molar-refractivity contribution in [3.63, 3.8) is 0 Å². The molecule has 4 saturated heterocycles. The maximum atomic E-state index is 10.7. The minimum absolute atomic E-state index is 0.0203. The predicted molar refractivity (Wildman–Crippen MR) is 300 cm³/mol. The molecule has 0 bridgehead atoms. The van der Waals surface area contributed by atoms with Crippen LogP contribution in [-0.2, 0) is 25.7 Å². The van der Waals surface area contributed by atoms with E-state index in [1.165, 1.54) is 5.56 Å². The molecule has 2 aromatic heterocycles. The minimum Gasteiger partial charge on any atom is -0.394 e. The number of aliphatic hydroxyl groups is 3. The molecular formula is C53H66Br4N10O7. The Morgan fingerprint density at radius 1 is 0.595 bits per heavy atom. The number of halogens is 4. The number of benzene rings is 4. The molecule has 21 heteroatoms. The van der Waals surface area contributed by atoms with Crippen LogP contribution in [-0.4, -0.2) is 177 Å². The van der Waals surface area contributed by atoms with Crippen LogP contribution in [0, 0.1) is 0 Å². The van der Waals surface area contributed by atoms with Crippen LogP contribution < -0.4 is 5.32 Å². The average molecular weight is 1270 g/mol. The Labute approximate surface area is 467 Å². The molecule has 4 atom stereocenters. The molecule has 4 aliphatic rings. The van der Waals surface area contributed by atoms with E-state index in [4.69, 9.17) is 4.74 Å². The molecule has 0 saturated carbocycles. The summed E-state index contributed by atoms with van der Waals surface area (Å²) in [6, 6.07) is 31.7. The van der Waals surface area contributed by atoms with Gasteiger partial charge in [0.1, 0.15) is 6.10 Å². The molecular weight excluding hydrogens is 1210 g/mol. The number of epoxide rings is 1. The van der Waals surface area contributed by atoms with Crippen molar-refractivity contribution in [3.8, 4) is 0 Å². The van der Waals surface area contributed by atoms with Gasteiger partial charge in [0, 0.05) is 128 Å². The largest absolute Gasteiger partial charge is 0.394 e. The first kappa shape index (κ1) is 60.2. The first-order valence-corrected chi connectivity index (χ1v) is 27.4. The molecule has 17 nitrogen and oxygen atoms in total. The summed E-state index contributed by atoms with van der Waals surface area (Å²) >= 11 is 13.5. The summed E-state index contributed by atoms with van der Waals surface area (Å²) in [6.07, 6.45) is 12.4.